The zero-order chi connectivity index (χ0) is 20.3. The number of aliphatic hydroxyl groups excluding tert-OH is 1. The molecule has 0 saturated carbocycles. The summed E-state index contributed by atoms with van der Waals surface area (Å²) in [6.45, 7) is 0.0642. The van der Waals surface area contributed by atoms with E-state index in [4.69, 9.17) is 14.2 Å². The number of benzene rings is 2. The third-order valence-corrected chi connectivity index (χ3v) is 4.70. The van der Waals surface area contributed by atoms with Crippen LogP contribution in [0.1, 0.15) is 22.0 Å². The number of hydrogen-bond acceptors (Lipinski definition) is 5. The Kier molecular flexibility index (Phi) is 5.75. The lowest BCUT2D eigenvalue weighted by Gasteiger charge is -2.17. The van der Waals surface area contributed by atoms with Crippen molar-refractivity contribution in [3.63, 3.8) is 0 Å². The highest BCUT2D eigenvalue weighted by Gasteiger charge is 2.21. The van der Waals surface area contributed by atoms with Crippen LogP contribution in [0.3, 0.4) is 0 Å². The van der Waals surface area contributed by atoms with Gasteiger partial charge in [-0.15, -0.1) is 0 Å². The topological polar surface area (TPSA) is 82.0 Å². The van der Waals surface area contributed by atoms with Gasteiger partial charge in [0.2, 0.25) is 5.75 Å². The largest absolute Gasteiger partial charge is 0.493 e. The van der Waals surface area contributed by atoms with Gasteiger partial charge in [-0.3, -0.25) is 4.79 Å². The van der Waals surface area contributed by atoms with Gasteiger partial charge in [0.05, 0.1) is 33.0 Å². The van der Waals surface area contributed by atoms with E-state index in [0.29, 0.717) is 17.1 Å². The summed E-state index contributed by atoms with van der Waals surface area (Å²) in [5, 5.41) is 14.3. The number of carbonyl (C=O) groups is 1. The van der Waals surface area contributed by atoms with Crippen LogP contribution < -0.4 is 19.5 Å². The van der Waals surface area contributed by atoms with Gasteiger partial charge in [0.1, 0.15) is 0 Å². The third-order valence-electron chi connectivity index (χ3n) is 4.70. The number of amides is 1. The number of nitrogens with zero attached hydrogens (tertiary/aromatic N) is 1. The Morgan fingerprint density at radius 1 is 1.07 bits per heavy atom. The minimum Gasteiger partial charge on any atom is -0.493 e. The number of rotatable bonds is 7. The lowest BCUT2D eigenvalue weighted by Crippen LogP contribution is -2.28. The average molecular weight is 384 g/mol. The summed E-state index contributed by atoms with van der Waals surface area (Å²) >= 11 is 0. The second kappa shape index (κ2) is 8.22. The summed E-state index contributed by atoms with van der Waals surface area (Å²) in [7, 11) is 6.41. The van der Waals surface area contributed by atoms with Gasteiger partial charge in [0.15, 0.2) is 11.5 Å². The number of fused-ring (bicyclic) bond motifs is 1. The Hall–Kier alpha value is -3.19. The van der Waals surface area contributed by atoms with Gasteiger partial charge >= 0.3 is 0 Å². The van der Waals surface area contributed by atoms with Crippen molar-refractivity contribution in [3.8, 4) is 17.2 Å². The number of nitrogens with one attached hydrogen (secondary N) is 1. The van der Waals surface area contributed by atoms with Crippen LogP contribution >= 0.6 is 0 Å². The fourth-order valence-corrected chi connectivity index (χ4v) is 3.19. The van der Waals surface area contributed by atoms with Gasteiger partial charge < -0.3 is 29.2 Å². The van der Waals surface area contributed by atoms with E-state index in [0.717, 1.165) is 16.5 Å². The minimum atomic E-state index is -0.834. The van der Waals surface area contributed by atoms with Gasteiger partial charge in [0.25, 0.3) is 5.91 Å². The molecule has 0 aliphatic rings. The summed E-state index contributed by atoms with van der Waals surface area (Å²) in [4.78, 5) is 12.6. The zero-order valence-electron chi connectivity index (χ0n) is 16.4. The summed E-state index contributed by atoms with van der Waals surface area (Å²) in [5.74, 6) is 0.706. The number of aliphatic hydroxyl groups is 1. The number of aromatic nitrogens is 1. The molecule has 0 aliphatic carbocycles. The fraction of sp³-hybridized carbons (Fsp3) is 0.286. The van der Waals surface area contributed by atoms with Crippen molar-refractivity contribution in [2.45, 2.75) is 6.10 Å². The number of hydrogen-bond donors (Lipinski definition) is 2. The van der Waals surface area contributed by atoms with Crippen molar-refractivity contribution >= 4 is 16.8 Å². The molecule has 28 heavy (non-hydrogen) atoms. The molecule has 1 atom stereocenters. The van der Waals surface area contributed by atoms with Gasteiger partial charge in [-0.25, -0.2) is 0 Å². The molecule has 1 heterocycles. The zero-order valence-corrected chi connectivity index (χ0v) is 16.4. The molecule has 2 aromatic carbocycles. The Balaban J connectivity index is 1.75. The highest BCUT2D eigenvalue weighted by Crippen LogP contribution is 2.39. The molecule has 0 saturated heterocycles. The van der Waals surface area contributed by atoms with Crippen molar-refractivity contribution < 1.29 is 24.1 Å². The highest BCUT2D eigenvalue weighted by atomic mass is 16.5. The molecule has 1 unspecified atom stereocenters. The average Bonchev–Trinajstić information content (AvgIpc) is 3.10. The second-order valence-electron chi connectivity index (χ2n) is 6.35. The molecule has 1 amide bonds. The predicted molar refractivity (Wildman–Crippen MR) is 106 cm³/mol. The molecule has 148 valence electrons. The molecular formula is C21H24N2O5. The number of aryl methyl sites for hydroxylation is 1. The van der Waals surface area contributed by atoms with Crippen LogP contribution in [-0.2, 0) is 7.05 Å². The van der Waals surface area contributed by atoms with E-state index in [9.17, 15) is 9.90 Å². The molecule has 1 aromatic heterocycles. The maximum Gasteiger partial charge on any atom is 0.255 e. The normalized spacial score (nSPS) is 11.9. The fourth-order valence-electron chi connectivity index (χ4n) is 3.19. The monoisotopic (exact) mass is 384 g/mol. The Morgan fingerprint density at radius 3 is 2.50 bits per heavy atom. The number of carbonyl (C=O) groups excluding carboxylic acids is 1. The SMILES string of the molecule is COc1ccc(C(=O)NCC(O)c2ccc3c(ccn3C)c2)c(OC)c1OC. The number of methoxy groups -OCH3 is 3. The summed E-state index contributed by atoms with van der Waals surface area (Å²) < 4.78 is 17.9. The first-order chi connectivity index (χ1) is 13.5. The molecule has 2 N–H and O–H groups in total. The summed E-state index contributed by atoms with van der Waals surface area (Å²) in [6, 6.07) is 10.9. The third kappa shape index (κ3) is 3.61. The molecule has 0 radical (unpaired) electrons. The lowest BCUT2D eigenvalue weighted by atomic mass is 10.1. The lowest BCUT2D eigenvalue weighted by molar-refractivity contribution is 0.0912. The molecule has 0 aliphatic heterocycles. The first-order valence-corrected chi connectivity index (χ1v) is 8.80. The molecule has 3 rings (SSSR count). The molecular weight excluding hydrogens is 360 g/mol. The Morgan fingerprint density at radius 2 is 1.82 bits per heavy atom. The van der Waals surface area contributed by atoms with E-state index in [1.165, 1.54) is 21.3 Å². The minimum absolute atomic E-state index is 0.0642. The van der Waals surface area contributed by atoms with Crippen molar-refractivity contribution in [1.29, 1.82) is 0 Å². The molecule has 0 fully saturated rings. The van der Waals surface area contributed by atoms with E-state index >= 15 is 0 Å². The van der Waals surface area contributed by atoms with Gasteiger partial charge in [-0.2, -0.15) is 0 Å². The van der Waals surface area contributed by atoms with Gasteiger partial charge in [-0.05, 0) is 41.3 Å². The van der Waals surface area contributed by atoms with Crippen molar-refractivity contribution in [2.24, 2.45) is 7.05 Å². The van der Waals surface area contributed by atoms with Gasteiger partial charge in [-0.1, -0.05) is 6.07 Å². The predicted octanol–water partition coefficient (Wildman–Crippen LogP) is 2.67. The Bertz CT molecular complexity index is 996. The molecule has 7 nitrogen and oxygen atoms in total. The van der Waals surface area contributed by atoms with E-state index in [2.05, 4.69) is 5.32 Å². The maximum absolute atomic E-state index is 12.6. The standard InChI is InChI=1S/C21H24N2O5/c1-23-10-9-13-11-14(5-7-16(13)23)17(24)12-22-21(25)15-6-8-18(26-2)20(28-4)19(15)27-3/h5-11,17,24H,12H2,1-4H3,(H,22,25). The highest BCUT2D eigenvalue weighted by molar-refractivity contribution is 5.98. The maximum atomic E-state index is 12.6. The van der Waals surface area contributed by atoms with E-state index in [-0.39, 0.29) is 18.2 Å². The Labute approximate surface area is 163 Å². The van der Waals surface area contributed by atoms with Crippen molar-refractivity contribution in [3.05, 3.63) is 53.7 Å². The van der Waals surface area contributed by atoms with Crippen LogP contribution in [0.2, 0.25) is 0 Å². The molecule has 3 aromatic rings. The summed E-state index contributed by atoms with van der Waals surface area (Å²) in [6.07, 6.45) is 1.13. The molecule has 0 bridgehead atoms. The first-order valence-electron chi connectivity index (χ1n) is 8.80. The van der Waals surface area contributed by atoms with Crippen LogP contribution in [0.4, 0.5) is 0 Å². The molecule has 0 spiro atoms. The van der Waals surface area contributed by atoms with Crippen molar-refractivity contribution in [2.75, 3.05) is 27.9 Å². The van der Waals surface area contributed by atoms with E-state index in [1.54, 1.807) is 12.1 Å². The quantitative estimate of drug-likeness (QED) is 0.655. The second-order valence-corrected chi connectivity index (χ2v) is 6.35. The van der Waals surface area contributed by atoms with Crippen LogP contribution in [-0.4, -0.2) is 43.5 Å². The number of ether oxygens (including phenoxy) is 3. The van der Waals surface area contributed by atoms with Crippen molar-refractivity contribution in [1.82, 2.24) is 9.88 Å². The van der Waals surface area contributed by atoms with Crippen LogP contribution in [0.25, 0.3) is 10.9 Å². The van der Waals surface area contributed by atoms with E-state index < -0.39 is 6.10 Å². The first kappa shape index (κ1) is 19.6. The smallest absolute Gasteiger partial charge is 0.255 e. The van der Waals surface area contributed by atoms with Crippen LogP contribution in [0.15, 0.2) is 42.6 Å². The molecule has 7 heteroatoms. The van der Waals surface area contributed by atoms with Gasteiger partial charge in [0, 0.05) is 25.3 Å². The summed E-state index contributed by atoms with van der Waals surface area (Å²) in [5.41, 5.74) is 2.11. The van der Waals surface area contributed by atoms with Crippen LogP contribution in [0, 0.1) is 0 Å². The van der Waals surface area contributed by atoms with E-state index in [1.807, 2.05) is 42.1 Å². The van der Waals surface area contributed by atoms with Crippen LogP contribution in [0.5, 0.6) is 17.2 Å².